The van der Waals surface area contributed by atoms with Crippen molar-refractivity contribution in [1.29, 1.82) is 0 Å². The fourth-order valence-corrected chi connectivity index (χ4v) is 2.71. The zero-order valence-electron chi connectivity index (χ0n) is 9.24. The van der Waals surface area contributed by atoms with Gasteiger partial charge in [0.25, 0.3) is 5.19 Å². The maximum atomic E-state index is 5.90. The maximum absolute atomic E-state index is 5.90. The highest BCUT2D eigenvalue weighted by atomic mass is 35.5. The largest absolute Gasteiger partial charge is 0.431 e. The number of aryl methyl sites for hydroxylation is 1. The summed E-state index contributed by atoms with van der Waals surface area (Å²) < 4.78 is 5.65. The van der Waals surface area contributed by atoms with Crippen molar-refractivity contribution in [1.82, 2.24) is 4.98 Å². The van der Waals surface area contributed by atoms with Crippen molar-refractivity contribution < 1.29 is 4.74 Å². The van der Waals surface area contributed by atoms with Gasteiger partial charge in [0.05, 0.1) is 10.8 Å². The summed E-state index contributed by atoms with van der Waals surface area (Å²) in [7, 11) is 0. The number of benzene rings is 1. The Labute approximate surface area is 114 Å². The second kappa shape index (κ2) is 5.71. The van der Waals surface area contributed by atoms with Crippen LogP contribution in [0.3, 0.4) is 0 Å². The Morgan fingerprint density at radius 2 is 2.24 bits per heavy atom. The third-order valence-corrected chi connectivity index (χ3v) is 4.05. The van der Waals surface area contributed by atoms with Crippen LogP contribution in [0.2, 0.25) is 5.15 Å². The van der Waals surface area contributed by atoms with Crippen LogP contribution in [0.15, 0.2) is 24.3 Å². The Morgan fingerprint density at radius 1 is 1.41 bits per heavy atom. The number of ether oxygens (including phenoxy) is 1. The lowest BCUT2D eigenvalue weighted by Crippen LogP contribution is -1.85. The number of thiazole rings is 1. The third-order valence-electron chi connectivity index (χ3n) is 2.26. The summed E-state index contributed by atoms with van der Waals surface area (Å²) in [5.41, 5.74) is 1.22. The van der Waals surface area contributed by atoms with Crippen LogP contribution in [-0.2, 0) is 12.3 Å². The molecule has 0 unspecified atom stereocenters. The van der Waals surface area contributed by atoms with Crippen LogP contribution >= 0.6 is 34.5 Å². The molecular formula is C12H11Cl2NOS. The summed E-state index contributed by atoms with van der Waals surface area (Å²) in [5, 5.41) is 0.950. The Morgan fingerprint density at radius 3 is 2.88 bits per heavy atom. The first-order valence-corrected chi connectivity index (χ1v) is 6.93. The van der Waals surface area contributed by atoms with Crippen molar-refractivity contribution >= 4 is 34.5 Å². The van der Waals surface area contributed by atoms with E-state index in [0.717, 1.165) is 17.0 Å². The number of aromatic nitrogens is 1. The van der Waals surface area contributed by atoms with Crippen molar-refractivity contribution in [3.63, 3.8) is 0 Å². The Hall–Kier alpha value is -0.770. The summed E-state index contributed by atoms with van der Waals surface area (Å²) in [6.45, 7) is 2.10. The molecule has 0 fully saturated rings. The molecular weight excluding hydrogens is 277 g/mol. The second-order valence-corrected chi connectivity index (χ2v) is 5.10. The van der Waals surface area contributed by atoms with Gasteiger partial charge >= 0.3 is 0 Å². The molecule has 0 atom stereocenters. The molecule has 0 aliphatic heterocycles. The van der Waals surface area contributed by atoms with E-state index in [-0.39, 0.29) is 0 Å². The van der Waals surface area contributed by atoms with Gasteiger partial charge in [0.2, 0.25) is 0 Å². The van der Waals surface area contributed by atoms with Crippen LogP contribution in [-0.4, -0.2) is 4.98 Å². The third kappa shape index (κ3) is 3.12. The molecule has 2 aromatic rings. The van der Waals surface area contributed by atoms with Crippen LogP contribution in [0.1, 0.15) is 17.4 Å². The first-order chi connectivity index (χ1) is 8.22. The molecule has 0 aliphatic carbocycles. The van der Waals surface area contributed by atoms with E-state index in [0.29, 0.717) is 16.2 Å². The maximum Gasteiger partial charge on any atom is 0.280 e. The summed E-state index contributed by atoms with van der Waals surface area (Å²) in [6.07, 6.45) is 0.975. The van der Waals surface area contributed by atoms with E-state index in [1.165, 1.54) is 16.9 Å². The van der Waals surface area contributed by atoms with E-state index >= 15 is 0 Å². The summed E-state index contributed by atoms with van der Waals surface area (Å²) in [5.74, 6) is 1.13. The van der Waals surface area contributed by atoms with Gasteiger partial charge < -0.3 is 4.74 Å². The molecule has 1 aromatic heterocycles. The van der Waals surface area contributed by atoms with Crippen molar-refractivity contribution in [2.45, 2.75) is 19.2 Å². The van der Waals surface area contributed by atoms with Crippen molar-refractivity contribution in [2.24, 2.45) is 0 Å². The molecule has 0 amide bonds. The zero-order valence-corrected chi connectivity index (χ0v) is 11.6. The van der Waals surface area contributed by atoms with E-state index in [2.05, 4.69) is 18.0 Å². The standard InChI is InChI=1S/C12H11Cl2NOS/c1-2-8-4-3-5-9(6-8)16-12-15-11(14)10(7-13)17-12/h3-6H,2,7H2,1H3. The quantitative estimate of drug-likeness (QED) is 0.747. The van der Waals surface area contributed by atoms with Gasteiger partial charge in [0, 0.05) is 0 Å². The number of rotatable bonds is 4. The predicted molar refractivity (Wildman–Crippen MR) is 72.6 cm³/mol. The second-order valence-electron chi connectivity index (χ2n) is 3.43. The molecule has 0 aliphatic rings. The minimum absolute atomic E-state index is 0.356. The zero-order chi connectivity index (χ0) is 12.3. The van der Waals surface area contributed by atoms with Crippen LogP contribution in [0.4, 0.5) is 0 Å². The lowest BCUT2D eigenvalue weighted by molar-refractivity contribution is 0.478. The van der Waals surface area contributed by atoms with Crippen molar-refractivity contribution in [3.8, 4) is 10.9 Å². The van der Waals surface area contributed by atoms with Gasteiger partial charge in [-0.3, -0.25) is 0 Å². The topological polar surface area (TPSA) is 22.1 Å². The molecule has 1 heterocycles. The molecule has 2 rings (SSSR count). The van der Waals surface area contributed by atoms with E-state index < -0.39 is 0 Å². The fourth-order valence-electron chi connectivity index (χ4n) is 1.37. The van der Waals surface area contributed by atoms with Crippen molar-refractivity contribution in [3.05, 3.63) is 39.9 Å². The molecule has 0 radical (unpaired) electrons. The van der Waals surface area contributed by atoms with Gasteiger partial charge in [-0.15, -0.1) is 11.6 Å². The SMILES string of the molecule is CCc1cccc(Oc2nc(Cl)c(CCl)s2)c1. The minimum atomic E-state index is 0.356. The number of alkyl halides is 1. The van der Waals surface area contributed by atoms with Crippen molar-refractivity contribution in [2.75, 3.05) is 0 Å². The fraction of sp³-hybridized carbons (Fsp3) is 0.250. The van der Waals surface area contributed by atoms with E-state index in [4.69, 9.17) is 27.9 Å². The highest BCUT2D eigenvalue weighted by Gasteiger charge is 2.10. The number of hydrogen-bond donors (Lipinski definition) is 0. The van der Waals surface area contributed by atoms with E-state index in [1.807, 2.05) is 18.2 Å². The molecule has 0 saturated carbocycles. The highest BCUT2D eigenvalue weighted by Crippen LogP contribution is 2.33. The molecule has 0 spiro atoms. The minimum Gasteiger partial charge on any atom is -0.431 e. The number of nitrogens with zero attached hydrogens (tertiary/aromatic N) is 1. The molecule has 17 heavy (non-hydrogen) atoms. The summed E-state index contributed by atoms with van der Waals surface area (Å²) in [4.78, 5) is 4.94. The first-order valence-electron chi connectivity index (χ1n) is 5.21. The van der Waals surface area contributed by atoms with Gasteiger partial charge in [-0.25, -0.2) is 0 Å². The Kier molecular flexibility index (Phi) is 4.26. The van der Waals surface area contributed by atoms with Gasteiger partial charge in [-0.05, 0) is 24.1 Å². The van der Waals surface area contributed by atoms with E-state index in [9.17, 15) is 0 Å². The molecule has 0 N–H and O–H groups in total. The van der Waals surface area contributed by atoms with Crippen LogP contribution < -0.4 is 4.74 Å². The number of hydrogen-bond acceptors (Lipinski definition) is 3. The smallest absolute Gasteiger partial charge is 0.280 e. The Balaban J connectivity index is 2.18. The van der Waals surface area contributed by atoms with Crippen LogP contribution in [0.5, 0.6) is 10.9 Å². The van der Waals surface area contributed by atoms with E-state index in [1.54, 1.807) is 0 Å². The van der Waals surface area contributed by atoms with Gasteiger partial charge in [-0.2, -0.15) is 4.98 Å². The lowest BCUT2D eigenvalue weighted by Gasteiger charge is -2.02. The normalized spacial score (nSPS) is 10.5. The highest BCUT2D eigenvalue weighted by molar-refractivity contribution is 7.14. The Bertz CT molecular complexity index is 513. The number of halogens is 2. The van der Waals surface area contributed by atoms with Gasteiger partial charge in [0.1, 0.15) is 10.9 Å². The lowest BCUT2D eigenvalue weighted by atomic mass is 10.2. The van der Waals surface area contributed by atoms with Crippen LogP contribution in [0, 0.1) is 0 Å². The molecule has 5 heteroatoms. The average Bonchev–Trinajstić information content (AvgIpc) is 2.69. The summed E-state index contributed by atoms with van der Waals surface area (Å²) >= 11 is 13.0. The molecule has 2 nitrogen and oxygen atoms in total. The van der Waals surface area contributed by atoms with Gasteiger partial charge in [0.15, 0.2) is 0 Å². The molecule has 1 aromatic carbocycles. The summed E-state index contributed by atoms with van der Waals surface area (Å²) in [6, 6.07) is 7.92. The first kappa shape index (κ1) is 12.7. The molecule has 90 valence electrons. The monoisotopic (exact) mass is 287 g/mol. The molecule has 0 bridgehead atoms. The average molecular weight is 288 g/mol. The molecule has 0 saturated heterocycles. The predicted octanol–water partition coefficient (Wildman–Crippen LogP) is 4.89. The van der Waals surface area contributed by atoms with Crippen LogP contribution in [0.25, 0.3) is 0 Å². The van der Waals surface area contributed by atoms with Gasteiger partial charge in [-0.1, -0.05) is 42.0 Å².